The summed E-state index contributed by atoms with van der Waals surface area (Å²) in [5.41, 5.74) is -2.09. The first-order chi connectivity index (χ1) is 22.8. The molecule has 0 radical (unpaired) electrons. The van der Waals surface area contributed by atoms with Gasteiger partial charge in [0.05, 0.1) is 18.0 Å². The standard InChI is InChI=1S/C23H27N6O17P3/c1-11-9-28(23(35)25-20(11)32)18-8-16(31)19(43-18)22(34)44-48(38,39)46-49(40,41)45-47(36,37)24-5-4-13-10-29(27-26-13)15-6-12-2-3-14(30)7-17(12)42-21(15)33/h2-3,6-7,9-10,16,18-19,22,30-31,34H,4-5,8H2,1H3,(H,38,39)(H,40,41)(H2,24,36,37)(H,25,32,35)/t16-,18+,19-,22?/m0/s1. The number of hydrogen-bond acceptors (Lipinski definition) is 16. The summed E-state index contributed by atoms with van der Waals surface area (Å²) in [5, 5.41) is 40.0. The highest BCUT2D eigenvalue weighted by atomic mass is 31.3. The highest BCUT2D eigenvalue weighted by molar-refractivity contribution is 7.67. The smallest absolute Gasteiger partial charge is 0.489 e. The van der Waals surface area contributed by atoms with E-state index < -0.39 is 71.5 Å². The van der Waals surface area contributed by atoms with Crippen molar-refractivity contribution in [3.8, 4) is 11.4 Å². The Kier molecular flexibility index (Phi) is 10.4. The van der Waals surface area contributed by atoms with Gasteiger partial charge in [-0.1, -0.05) is 5.21 Å². The number of phenols is 1. The fourth-order valence-corrected chi connectivity index (χ4v) is 8.26. The summed E-state index contributed by atoms with van der Waals surface area (Å²) in [6.45, 7) is 0.919. The number of ether oxygens (including phenoxy) is 1. The number of hydrogen-bond donors (Lipinski definition) is 8. The van der Waals surface area contributed by atoms with Crippen molar-refractivity contribution in [1.82, 2.24) is 29.6 Å². The summed E-state index contributed by atoms with van der Waals surface area (Å²) in [7, 11) is -16.9. The van der Waals surface area contributed by atoms with Gasteiger partial charge in [0, 0.05) is 42.6 Å². The van der Waals surface area contributed by atoms with Crippen LogP contribution in [-0.4, -0.2) is 79.6 Å². The van der Waals surface area contributed by atoms with Crippen LogP contribution < -0.4 is 22.0 Å². The molecule has 1 saturated heterocycles. The van der Waals surface area contributed by atoms with Crippen LogP contribution in [0.3, 0.4) is 0 Å². The third-order valence-corrected chi connectivity index (χ3v) is 11.2. The van der Waals surface area contributed by atoms with Crippen molar-refractivity contribution in [3.05, 3.63) is 79.2 Å². The summed E-state index contributed by atoms with van der Waals surface area (Å²) in [6, 6.07) is 5.54. The number of aliphatic hydroxyl groups is 2. The van der Waals surface area contributed by atoms with E-state index in [0.717, 1.165) is 15.4 Å². The number of phosphoric acid groups is 2. The second kappa shape index (κ2) is 13.9. The number of H-pyrrole nitrogens is 1. The average Bonchev–Trinajstić information content (AvgIpc) is 3.59. The minimum absolute atomic E-state index is 0.0478. The molecule has 0 bridgehead atoms. The van der Waals surface area contributed by atoms with Crippen molar-refractivity contribution in [3.63, 3.8) is 0 Å². The first-order valence-corrected chi connectivity index (χ1v) is 18.2. The molecule has 4 aromatic rings. The summed E-state index contributed by atoms with van der Waals surface area (Å²) in [5.74, 6) is -0.115. The minimum atomic E-state index is -5.89. The first kappa shape index (κ1) is 36.6. The van der Waals surface area contributed by atoms with Crippen molar-refractivity contribution in [1.29, 1.82) is 0 Å². The van der Waals surface area contributed by atoms with Gasteiger partial charge < -0.3 is 39.2 Å². The molecular weight excluding hydrogens is 725 g/mol. The van der Waals surface area contributed by atoms with Crippen LogP contribution in [0.15, 0.2) is 55.5 Å². The Morgan fingerprint density at radius 2 is 1.84 bits per heavy atom. The molecule has 23 nitrogen and oxygen atoms in total. The van der Waals surface area contributed by atoms with E-state index in [0.29, 0.717) is 5.39 Å². The summed E-state index contributed by atoms with van der Waals surface area (Å²) in [4.78, 5) is 67.9. The number of benzene rings is 1. The Morgan fingerprint density at radius 1 is 1.10 bits per heavy atom. The zero-order valence-corrected chi connectivity index (χ0v) is 27.4. The molecule has 266 valence electrons. The van der Waals surface area contributed by atoms with Gasteiger partial charge in [-0.2, -0.15) is 8.62 Å². The highest BCUT2D eigenvalue weighted by Gasteiger charge is 2.46. The topological polar surface area (TPSA) is 337 Å². The molecule has 0 aliphatic carbocycles. The number of nitrogens with zero attached hydrogens (tertiary/aromatic N) is 4. The summed E-state index contributed by atoms with van der Waals surface area (Å²) < 4.78 is 61.9. The third kappa shape index (κ3) is 8.93. The van der Waals surface area contributed by atoms with Crippen LogP contribution in [0, 0.1) is 6.92 Å². The third-order valence-electron chi connectivity index (χ3n) is 6.72. The molecule has 7 atom stereocenters. The zero-order valence-electron chi connectivity index (χ0n) is 24.7. The number of nitrogens with one attached hydrogen (secondary N) is 2. The molecule has 0 amide bonds. The minimum Gasteiger partial charge on any atom is -0.508 e. The SMILES string of the molecule is Cc1cn([C@H]2C[C@H](O)[C@@H](C(O)OP(=O)(O)OP(=O)(O)OP(=O)(O)NCCc3cn(-c4cc5ccc(O)cc5oc4=O)nn3)O2)c(=O)[nH]c1=O. The number of aromatic hydroxyl groups is 1. The van der Waals surface area contributed by atoms with Crippen LogP contribution in [0.25, 0.3) is 16.7 Å². The quantitative estimate of drug-likeness (QED) is 0.0479. The van der Waals surface area contributed by atoms with Gasteiger partial charge >= 0.3 is 34.7 Å². The predicted molar refractivity (Wildman–Crippen MR) is 160 cm³/mol. The van der Waals surface area contributed by atoms with E-state index in [1.54, 1.807) is 0 Å². The van der Waals surface area contributed by atoms with E-state index in [2.05, 4.69) is 23.5 Å². The fraction of sp³-hybridized carbons (Fsp3) is 0.348. The van der Waals surface area contributed by atoms with E-state index in [1.165, 1.54) is 37.4 Å². The van der Waals surface area contributed by atoms with Crippen LogP contribution in [0.4, 0.5) is 0 Å². The van der Waals surface area contributed by atoms with Crippen LogP contribution in [-0.2, 0) is 38.0 Å². The molecule has 1 fully saturated rings. The number of fused-ring (bicyclic) bond motifs is 1. The number of phenolic OH excluding ortho intramolecular Hbond substituents is 1. The largest absolute Gasteiger partial charge is 0.508 e. The van der Waals surface area contributed by atoms with Crippen molar-refractivity contribution in [2.24, 2.45) is 0 Å². The van der Waals surface area contributed by atoms with Gasteiger partial charge in [-0.15, -0.1) is 5.10 Å². The molecule has 5 rings (SSSR count). The molecular formula is C23H27N6O17P3. The fourth-order valence-electron chi connectivity index (χ4n) is 4.54. The molecule has 1 aliphatic heterocycles. The van der Waals surface area contributed by atoms with E-state index in [9.17, 15) is 58.1 Å². The van der Waals surface area contributed by atoms with Crippen LogP contribution in [0.1, 0.15) is 23.9 Å². The molecule has 0 spiro atoms. The molecule has 26 heteroatoms. The Balaban J connectivity index is 1.14. The van der Waals surface area contributed by atoms with Gasteiger partial charge in [0.25, 0.3) is 5.56 Å². The Labute approximate surface area is 271 Å². The summed E-state index contributed by atoms with van der Waals surface area (Å²) >= 11 is 0. The zero-order chi connectivity index (χ0) is 35.9. The Hall–Kier alpha value is -3.66. The lowest BCUT2D eigenvalue weighted by atomic mass is 10.2. The number of rotatable bonds is 13. The van der Waals surface area contributed by atoms with Crippen LogP contribution in [0.2, 0.25) is 0 Å². The molecule has 1 aromatic carbocycles. The van der Waals surface area contributed by atoms with Gasteiger partial charge in [0.15, 0.2) is 12.0 Å². The number of phosphoric ester groups is 1. The average molecular weight is 752 g/mol. The maximum absolute atomic E-state index is 12.4. The Morgan fingerprint density at radius 3 is 2.57 bits per heavy atom. The number of aromatic amines is 1. The van der Waals surface area contributed by atoms with Crippen LogP contribution >= 0.6 is 23.4 Å². The van der Waals surface area contributed by atoms with Gasteiger partial charge in [-0.3, -0.25) is 18.9 Å². The van der Waals surface area contributed by atoms with Gasteiger partial charge in [-0.25, -0.2) is 33.1 Å². The van der Waals surface area contributed by atoms with E-state index in [4.69, 9.17) is 9.15 Å². The molecule has 49 heavy (non-hydrogen) atoms. The van der Waals surface area contributed by atoms with E-state index in [1.807, 2.05) is 10.1 Å². The lowest BCUT2D eigenvalue weighted by molar-refractivity contribution is -0.161. The predicted octanol–water partition coefficient (Wildman–Crippen LogP) is -0.612. The molecule has 4 unspecified atom stereocenters. The Bertz CT molecular complexity index is 2200. The normalized spacial score (nSPS) is 22.4. The lowest BCUT2D eigenvalue weighted by Gasteiger charge is -2.24. The molecule has 4 heterocycles. The maximum atomic E-state index is 12.4. The highest BCUT2D eigenvalue weighted by Crippen LogP contribution is 2.66. The maximum Gasteiger partial charge on any atom is 0.489 e. The van der Waals surface area contributed by atoms with Gasteiger partial charge in [0.2, 0.25) is 0 Å². The van der Waals surface area contributed by atoms with Gasteiger partial charge in [-0.05, 0) is 25.1 Å². The van der Waals surface area contributed by atoms with Crippen molar-refractivity contribution >= 4 is 34.4 Å². The monoisotopic (exact) mass is 752 g/mol. The molecule has 1 aliphatic rings. The van der Waals surface area contributed by atoms with E-state index in [-0.39, 0.29) is 41.1 Å². The number of aryl methyl sites for hydroxylation is 1. The summed E-state index contributed by atoms with van der Waals surface area (Å²) in [6.07, 6.45) is -5.38. The second-order valence-electron chi connectivity index (χ2n) is 10.4. The second-order valence-corrected chi connectivity index (χ2v) is 15.2. The lowest BCUT2D eigenvalue weighted by Crippen LogP contribution is -2.36. The first-order valence-electron chi connectivity index (χ1n) is 13.7. The molecule has 3 aromatic heterocycles. The number of aliphatic hydroxyl groups excluding tert-OH is 2. The van der Waals surface area contributed by atoms with E-state index >= 15 is 0 Å². The molecule has 0 saturated carbocycles. The van der Waals surface area contributed by atoms with Crippen molar-refractivity contribution in [2.75, 3.05) is 6.54 Å². The number of aromatic nitrogens is 5. The van der Waals surface area contributed by atoms with Crippen molar-refractivity contribution in [2.45, 2.75) is 44.5 Å². The van der Waals surface area contributed by atoms with Crippen molar-refractivity contribution < 1.29 is 66.0 Å². The molecule has 8 N–H and O–H groups in total. The van der Waals surface area contributed by atoms with Gasteiger partial charge in [0.1, 0.15) is 23.7 Å². The van der Waals surface area contributed by atoms with Crippen LogP contribution in [0.5, 0.6) is 5.75 Å².